The van der Waals surface area contributed by atoms with Crippen molar-refractivity contribution in [2.24, 2.45) is 4.99 Å². The van der Waals surface area contributed by atoms with Gasteiger partial charge in [0.2, 0.25) is 0 Å². The molecule has 1 heterocycles. The second-order valence-electron chi connectivity index (χ2n) is 5.21. The van der Waals surface area contributed by atoms with Crippen LogP contribution in [0.5, 0.6) is 0 Å². The van der Waals surface area contributed by atoms with Crippen LogP contribution < -0.4 is 10.6 Å². The molecule has 0 fully saturated rings. The number of nitrogens with zero attached hydrogens (tertiary/aromatic N) is 3. The normalized spacial score (nSPS) is 11.5. The molecule has 1 aromatic carbocycles. The van der Waals surface area contributed by atoms with Crippen molar-refractivity contribution in [3.8, 4) is 0 Å². The van der Waals surface area contributed by atoms with Crippen LogP contribution in [0.3, 0.4) is 0 Å². The molecular formula is C17H25N5S. The summed E-state index contributed by atoms with van der Waals surface area (Å²) in [7, 11) is 0. The summed E-state index contributed by atoms with van der Waals surface area (Å²) in [5.41, 5.74) is 2.54. The highest BCUT2D eigenvalue weighted by atomic mass is 32.2. The maximum absolute atomic E-state index is 4.69. The molecule has 124 valence electrons. The molecule has 0 unspecified atom stereocenters. The van der Waals surface area contributed by atoms with Gasteiger partial charge in [-0.05, 0) is 43.4 Å². The first-order valence-electron chi connectivity index (χ1n) is 7.86. The number of guanidine groups is 1. The fraction of sp³-hybridized carbons (Fsp3) is 0.412. The van der Waals surface area contributed by atoms with Crippen LogP contribution in [-0.2, 0) is 13.1 Å². The van der Waals surface area contributed by atoms with Gasteiger partial charge in [0.15, 0.2) is 5.96 Å². The maximum atomic E-state index is 4.69. The molecular weight excluding hydrogens is 306 g/mol. The van der Waals surface area contributed by atoms with Crippen molar-refractivity contribution in [2.45, 2.75) is 31.8 Å². The third-order valence-corrected chi connectivity index (χ3v) is 4.21. The molecule has 0 aliphatic heterocycles. The molecule has 0 radical (unpaired) electrons. The van der Waals surface area contributed by atoms with E-state index in [1.54, 1.807) is 18.0 Å². The van der Waals surface area contributed by atoms with Crippen molar-refractivity contribution in [3.63, 3.8) is 0 Å². The van der Waals surface area contributed by atoms with Gasteiger partial charge in [-0.2, -0.15) is 5.10 Å². The predicted molar refractivity (Wildman–Crippen MR) is 98.0 cm³/mol. The van der Waals surface area contributed by atoms with E-state index in [0.717, 1.165) is 25.6 Å². The molecule has 6 heteroatoms. The molecule has 0 atom stereocenters. The Balaban J connectivity index is 1.95. The van der Waals surface area contributed by atoms with Gasteiger partial charge < -0.3 is 10.6 Å². The lowest BCUT2D eigenvalue weighted by atomic mass is 10.1. The van der Waals surface area contributed by atoms with Crippen LogP contribution in [0.15, 0.2) is 46.5 Å². The van der Waals surface area contributed by atoms with Gasteiger partial charge in [-0.3, -0.25) is 4.68 Å². The van der Waals surface area contributed by atoms with E-state index < -0.39 is 0 Å². The molecule has 2 rings (SSSR count). The molecule has 1 aromatic heterocycles. The zero-order valence-electron chi connectivity index (χ0n) is 14.0. The summed E-state index contributed by atoms with van der Waals surface area (Å²) in [6, 6.07) is 8.45. The molecule has 0 saturated heterocycles. The first-order valence-corrected chi connectivity index (χ1v) is 9.08. The second kappa shape index (κ2) is 9.25. The van der Waals surface area contributed by atoms with Gasteiger partial charge in [0.25, 0.3) is 0 Å². The summed E-state index contributed by atoms with van der Waals surface area (Å²) >= 11 is 1.77. The van der Waals surface area contributed by atoms with E-state index in [4.69, 9.17) is 4.99 Å². The van der Waals surface area contributed by atoms with Crippen LogP contribution in [0.4, 0.5) is 0 Å². The van der Waals surface area contributed by atoms with Gasteiger partial charge in [-0.25, -0.2) is 4.99 Å². The smallest absolute Gasteiger partial charge is 0.191 e. The van der Waals surface area contributed by atoms with Crippen LogP contribution in [-0.4, -0.2) is 35.1 Å². The van der Waals surface area contributed by atoms with Crippen molar-refractivity contribution in [1.29, 1.82) is 0 Å². The molecule has 0 aliphatic rings. The van der Waals surface area contributed by atoms with E-state index in [1.165, 1.54) is 16.0 Å². The molecule has 0 bridgehead atoms. The SMILES string of the molecule is CCNC(=NCc1ccc(C)cc1SC)NCCn1cccn1. The standard InChI is InChI=1S/C17H25N5S/c1-4-18-17(19-9-11-22-10-5-8-21-22)20-13-15-7-6-14(2)12-16(15)23-3/h5-8,10,12H,4,9,11,13H2,1-3H3,(H2,18,19,20). The van der Waals surface area contributed by atoms with Gasteiger partial charge in [-0.1, -0.05) is 12.1 Å². The Kier molecular flexibility index (Phi) is 7.00. The summed E-state index contributed by atoms with van der Waals surface area (Å²) in [4.78, 5) is 5.98. The quantitative estimate of drug-likeness (QED) is 0.465. The Morgan fingerprint density at radius 3 is 2.91 bits per heavy atom. The monoisotopic (exact) mass is 331 g/mol. The molecule has 2 aromatic rings. The van der Waals surface area contributed by atoms with Crippen molar-refractivity contribution in [2.75, 3.05) is 19.3 Å². The summed E-state index contributed by atoms with van der Waals surface area (Å²) < 4.78 is 1.91. The Morgan fingerprint density at radius 1 is 1.35 bits per heavy atom. The van der Waals surface area contributed by atoms with Crippen LogP contribution in [0.1, 0.15) is 18.1 Å². The maximum Gasteiger partial charge on any atom is 0.191 e. The largest absolute Gasteiger partial charge is 0.357 e. The second-order valence-corrected chi connectivity index (χ2v) is 6.05. The van der Waals surface area contributed by atoms with E-state index in [1.807, 2.05) is 16.9 Å². The minimum atomic E-state index is 0.674. The summed E-state index contributed by atoms with van der Waals surface area (Å²) in [6.07, 6.45) is 5.86. The molecule has 2 N–H and O–H groups in total. The highest BCUT2D eigenvalue weighted by Crippen LogP contribution is 2.22. The van der Waals surface area contributed by atoms with E-state index in [-0.39, 0.29) is 0 Å². The third-order valence-electron chi connectivity index (χ3n) is 3.39. The zero-order valence-corrected chi connectivity index (χ0v) is 14.9. The molecule has 5 nitrogen and oxygen atoms in total. The fourth-order valence-corrected chi connectivity index (χ4v) is 2.91. The number of aliphatic imine (C=N–C) groups is 1. The Labute approximate surface area is 142 Å². The number of aryl methyl sites for hydroxylation is 1. The predicted octanol–water partition coefficient (Wildman–Crippen LogP) is 2.67. The van der Waals surface area contributed by atoms with Crippen molar-refractivity contribution in [1.82, 2.24) is 20.4 Å². The van der Waals surface area contributed by atoms with Crippen molar-refractivity contribution in [3.05, 3.63) is 47.8 Å². The average molecular weight is 331 g/mol. The van der Waals surface area contributed by atoms with Crippen LogP contribution in [0, 0.1) is 6.92 Å². The van der Waals surface area contributed by atoms with Gasteiger partial charge >= 0.3 is 0 Å². The lowest BCUT2D eigenvalue weighted by Gasteiger charge is -2.12. The first-order chi connectivity index (χ1) is 11.2. The van der Waals surface area contributed by atoms with Crippen LogP contribution in [0.2, 0.25) is 0 Å². The highest BCUT2D eigenvalue weighted by Gasteiger charge is 2.03. The van der Waals surface area contributed by atoms with Crippen LogP contribution >= 0.6 is 11.8 Å². The summed E-state index contributed by atoms with van der Waals surface area (Å²) in [5.74, 6) is 0.840. The highest BCUT2D eigenvalue weighted by molar-refractivity contribution is 7.98. The lowest BCUT2D eigenvalue weighted by molar-refractivity contribution is 0.598. The topological polar surface area (TPSA) is 54.2 Å². The average Bonchev–Trinajstić information content (AvgIpc) is 3.06. The van der Waals surface area contributed by atoms with Crippen LogP contribution in [0.25, 0.3) is 0 Å². The molecule has 0 aliphatic carbocycles. The number of benzene rings is 1. The van der Waals surface area contributed by atoms with Crippen molar-refractivity contribution < 1.29 is 0 Å². The number of aromatic nitrogens is 2. The minimum absolute atomic E-state index is 0.674. The minimum Gasteiger partial charge on any atom is -0.357 e. The van der Waals surface area contributed by atoms with Gasteiger partial charge in [-0.15, -0.1) is 11.8 Å². The number of nitrogens with one attached hydrogen (secondary N) is 2. The third kappa shape index (κ3) is 5.63. The van der Waals surface area contributed by atoms with Gasteiger partial charge in [0.05, 0.1) is 13.1 Å². The fourth-order valence-electron chi connectivity index (χ4n) is 2.21. The van der Waals surface area contributed by atoms with Gasteiger partial charge in [0, 0.05) is 30.4 Å². The number of hydrogen-bond donors (Lipinski definition) is 2. The molecule has 0 amide bonds. The first kappa shape index (κ1) is 17.4. The number of thioether (sulfide) groups is 1. The van der Waals surface area contributed by atoms with E-state index in [9.17, 15) is 0 Å². The Morgan fingerprint density at radius 2 is 2.22 bits per heavy atom. The molecule has 0 saturated carbocycles. The van der Waals surface area contributed by atoms with E-state index in [0.29, 0.717) is 6.54 Å². The van der Waals surface area contributed by atoms with E-state index >= 15 is 0 Å². The van der Waals surface area contributed by atoms with Gasteiger partial charge in [0.1, 0.15) is 0 Å². The Bertz CT molecular complexity index is 622. The summed E-state index contributed by atoms with van der Waals surface area (Å²) in [6.45, 7) is 7.32. The zero-order chi connectivity index (χ0) is 16.5. The summed E-state index contributed by atoms with van der Waals surface area (Å²) in [5, 5.41) is 10.8. The Hall–Kier alpha value is -1.95. The molecule has 0 spiro atoms. The lowest BCUT2D eigenvalue weighted by Crippen LogP contribution is -2.38. The number of rotatable bonds is 7. The van der Waals surface area contributed by atoms with Crippen molar-refractivity contribution >= 4 is 17.7 Å². The molecule has 23 heavy (non-hydrogen) atoms. The number of hydrogen-bond acceptors (Lipinski definition) is 3. The van der Waals surface area contributed by atoms with E-state index in [2.05, 4.69) is 54.0 Å².